The molecule has 0 aliphatic carbocycles. The third-order valence-corrected chi connectivity index (χ3v) is 14.2. The number of aliphatic hydroxyl groups excluding tert-OH is 2. The van der Waals surface area contributed by atoms with Gasteiger partial charge in [0.15, 0.2) is 0 Å². The molecule has 1 amide bonds. The number of nitrogens with one attached hydrogen (secondary N) is 1. The van der Waals surface area contributed by atoms with Crippen molar-refractivity contribution in [3.63, 3.8) is 0 Å². The number of unbranched alkanes of at least 4 members (excludes halogenated alkanes) is 38. The average molecular weight is 977 g/mol. The van der Waals surface area contributed by atoms with Crippen LogP contribution in [0, 0.1) is 0 Å². The standard InChI is InChI=1S/C66H121NO3/c1-3-5-7-9-11-13-15-17-19-21-23-25-26-27-28-29-30-31-32-33-34-35-36-37-38-39-40-42-44-46-48-50-52-54-56-58-60-62-66(70)67-64(63-68)65(69)61-59-57-55-53-51-49-47-45-43-41-24-22-20-18-16-14-12-10-8-6-4-2/h5,7,11,13,17,19,23,25,27-28,30-31,64-65,68-69H,3-4,6,8-10,12,14-16,18,20-22,24,26,29,32-63H2,1-2H3,(H,67,70)/b7-5-,13-11-,19-17-,25-23-,28-27-,31-30-. The molecule has 4 heteroatoms. The van der Waals surface area contributed by atoms with Crippen molar-refractivity contribution in [2.75, 3.05) is 6.61 Å². The minimum Gasteiger partial charge on any atom is -0.394 e. The van der Waals surface area contributed by atoms with Crippen LogP contribution in [0.1, 0.15) is 322 Å². The molecule has 0 aromatic rings. The summed E-state index contributed by atoms with van der Waals surface area (Å²) in [5, 5.41) is 23.4. The number of hydrogen-bond donors (Lipinski definition) is 3. The first-order valence-corrected chi connectivity index (χ1v) is 31.1. The molecule has 70 heavy (non-hydrogen) atoms. The smallest absolute Gasteiger partial charge is 0.220 e. The fourth-order valence-corrected chi connectivity index (χ4v) is 9.54. The lowest BCUT2D eigenvalue weighted by atomic mass is 10.0. The van der Waals surface area contributed by atoms with E-state index in [2.05, 4.69) is 92.1 Å². The normalized spacial score (nSPS) is 13.3. The minimum absolute atomic E-state index is 0.0275. The topological polar surface area (TPSA) is 69.6 Å². The van der Waals surface area contributed by atoms with Gasteiger partial charge in [-0.3, -0.25) is 4.79 Å². The monoisotopic (exact) mass is 976 g/mol. The molecule has 0 heterocycles. The Morgan fingerprint density at radius 2 is 0.629 bits per heavy atom. The van der Waals surface area contributed by atoms with E-state index < -0.39 is 12.1 Å². The summed E-state index contributed by atoms with van der Waals surface area (Å²) < 4.78 is 0. The summed E-state index contributed by atoms with van der Waals surface area (Å²) in [6.07, 6.45) is 87.7. The van der Waals surface area contributed by atoms with Gasteiger partial charge >= 0.3 is 0 Å². The Kier molecular flexibility index (Phi) is 59.2. The highest BCUT2D eigenvalue weighted by atomic mass is 16.3. The number of rotatable bonds is 57. The van der Waals surface area contributed by atoms with Crippen LogP contribution in [0.5, 0.6) is 0 Å². The molecule has 0 radical (unpaired) electrons. The van der Waals surface area contributed by atoms with Crippen LogP contribution in [0.15, 0.2) is 72.9 Å². The van der Waals surface area contributed by atoms with E-state index in [9.17, 15) is 15.0 Å². The molecule has 0 bridgehead atoms. The molecule has 408 valence electrons. The fourth-order valence-electron chi connectivity index (χ4n) is 9.54. The van der Waals surface area contributed by atoms with Crippen LogP contribution in [-0.4, -0.2) is 34.9 Å². The van der Waals surface area contributed by atoms with Crippen molar-refractivity contribution in [1.82, 2.24) is 5.32 Å². The molecule has 0 fully saturated rings. The third-order valence-electron chi connectivity index (χ3n) is 14.2. The first-order chi connectivity index (χ1) is 34.7. The molecule has 0 aromatic carbocycles. The second kappa shape index (κ2) is 61.1. The molecular formula is C66H121NO3. The Balaban J connectivity index is 3.44. The highest BCUT2D eigenvalue weighted by molar-refractivity contribution is 5.76. The van der Waals surface area contributed by atoms with Crippen molar-refractivity contribution in [2.24, 2.45) is 0 Å². The number of hydrogen-bond acceptors (Lipinski definition) is 3. The predicted octanol–water partition coefficient (Wildman–Crippen LogP) is 20.9. The summed E-state index contributed by atoms with van der Waals surface area (Å²) in [5.41, 5.74) is 0. The highest BCUT2D eigenvalue weighted by Gasteiger charge is 2.20. The van der Waals surface area contributed by atoms with Crippen molar-refractivity contribution in [2.45, 2.75) is 334 Å². The van der Waals surface area contributed by atoms with Gasteiger partial charge < -0.3 is 15.5 Å². The van der Waals surface area contributed by atoms with E-state index in [-0.39, 0.29) is 12.5 Å². The quantitative estimate of drug-likeness (QED) is 0.0420. The van der Waals surface area contributed by atoms with Crippen molar-refractivity contribution in [3.8, 4) is 0 Å². The molecule has 0 spiro atoms. The Bertz CT molecular complexity index is 1200. The van der Waals surface area contributed by atoms with E-state index in [1.54, 1.807) is 0 Å². The van der Waals surface area contributed by atoms with Crippen molar-refractivity contribution < 1.29 is 15.0 Å². The third kappa shape index (κ3) is 56.7. The molecule has 2 atom stereocenters. The first kappa shape index (κ1) is 67.8. The van der Waals surface area contributed by atoms with Gasteiger partial charge in [-0.15, -0.1) is 0 Å². The zero-order chi connectivity index (χ0) is 50.6. The van der Waals surface area contributed by atoms with E-state index >= 15 is 0 Å². The van der Waals surface area contributed by atoms with Crippen LogP contribution in [-0.2, 0) is 4.79 Å². The van der Waals surface area contributed by atoms with E-state index in [0.29, 0.717) is 12.8 Å². The van der Waals surface area contributed by atoms with E-state index in [1.807, 2.05) is 0 Å². The Morgan fingerprint density at radius 3 is 0.943 bits per heavy atom. The number of carbonyl (C=O) groups is 1. The highest BCUT2D eigenvalue weighted by Crippen LogP contribution is 2.18. The number of allylic oxidation sites excluding steroid dienone is 12. The van der Waals surface area contributed by atoms with Gasteiger partial charge in [0.05, 0.1) is 18.8 Å². The maximum atomic E-state index is 12.5. The largest absolute Gasteiger partial charge is 0.394 e. The lowest BCUT2D eigenvalue weighted by Gasteiger charge is -2.22. The van der Waals surface area contributed by atoms with Gasteiger partial charge in [0.25, 0.3) is 0 Å². The molecule has 0 saturated heterocycles. The van der Waals surface area contributed by atoms with E-state index in [1.165, 1.54) is 231 Å². The van der Waals surface area contributed by atoms with Gasteiger partial charge in [-0.1, -0.05) is 324 Å². The number of amides is 1. The SMILES string of the molecule is CC/C=C\C/C=C\C/C=C\C/C=C\C/C=C\C/C=C\CCCCCCCCCCCCCCCCCCCCC(=O)NC(CO)C(O)CCCCCCCCCCCCCCCCCCCCCCC. The van der Waals surface area contributed by atoms with Gasteiger partial charge in [-0.2, -0.15) is 0 Å². The summed E-state index contributed by atoms with van der Waals surface area (Å²) in [5.74, 6) is -0.0275. The second-order valence-electron chi connectivity index (χ2n) is 21.1. The second-order valence-corrected chi connectivity index (χ2v) is 21.1. The van der Waals surface area contributed by atoms with E-state index in [4.69, 9.17) is 0 Å². The maximum absolute atomic E-state index is 12.5. The number of aliphatic hydroxyl groups is 2. The van der Waals surface area contributed by atoms with Crippen molar-refractivity contribution in [3.05, 3.63) is 72.9 Å². The lowest BCUT2D eigenvalue weighted by molar-refractivity contribution is -0.123. The molecule has 2 unspecified atom stereocenters. The zero-order valence-electron chi connectivity index (χ0n) is 47.0. The number of carbonyl (C=O) groups excluding carboxylic acids is 1. The van der Waals surface area contributed by atoms with Crippen LogP contribution < -0.4 is 5.32 Å². The molecule has 0 aromatic heterocycles. The Labute approximate surface area is 438 Å². The van der Waals surface area contributed by atoms with Gasteiger partial charge in [-0.25, -0.2) is 0 Å². The maximum Gasteiger partial charge on any atom is 0.220 e. The molecule has 0 saturated carbocycles. The van der Waals surface area contributed by atoms with Crippen LogP contribution in [0.3, 0.4) is 0 Å². The molecule has 0 rings (SSSR count). The lowest BCUT2D eigenvalue weighted by Crippen LogP contribution is -2.45. The molecular weight excluding hydrogens is 855 g/mol. The van der Waals surface area contributed by atoms with Gasteiger partial charge in [0, 0.05) is 6.42 Å². The van der Waals surface area contributed by atoms with Crippen molar-refractivity contribution >= 4 is 5.91 Å². The zero-order valence-corrected chi connectivity index (χ0v) is 47.0. The van der Waals surface area contributed by atoms with Gasteiger partial charge in [-0.05, 0) is 64.2 Å². The Hall–Kier alpha value is -2.17. The first-order valence-electron chi connectivity index (χ1n) is 31.1. The van der Waals surface area contributed by atoms with Crippen LogP contribution in [0.2, 0.25) is 0 Å². The average Bonchev–Trinajstić information content (AvgIpc) is 3.36. The summed E-state index contributed by atoms with van der Waals surface area (Å²) >= 11 is 0. The molecule has 4 nitrogen and oxygen atoms in total. The predicted molar refractivity (Wildman–Crippen MR) is 313 cm³/mol. The molecule has 3 N–H and O–H groups in total. The van der Waals surface area contributed by atoms with Crippen LogP contribution in [0.4, 0.5) is 0 Å². The van der Waals surface area contributed by atoms with Crippen LogP contribution >= 0.6 is 0 Å². The van der Waals surface area contributed by atoms with Gasteiger partial charge in [0.2, 0.25) is 5.91 Å². The van der Waals surface area contributed by atoms with Gasteiger partial charge in [0.1, 0.15) is 0 Å². The Morgan fingerprint density at radius 1 is 0.357 bits per heavy atom. The summed E-state index contributed by atoms with van der Waals surface area (Å²) in [7, 11) is 0. The van der Waals surface area contributed by atoms with Crippen LogP contribution in [0.25, 0.3) is 0 Å². The molecule has 0 aliphatic heterocycles. The van der Waals surface area contributed by atoms with E-state index in [0.717, 1.165) is 64.2 Å². The summed E-state index contributed by atoms with van der Waals surface area (Å²) in [6.45, 7) is 4.27. The fraction of sp³-hybridized carbons (Fsp3) is 0.803. The summed E-state index contributed by atoms with van der Waals surface area (Å²) in [4.78, 5) is 12.5. The minimum atomic E-state index is -0.661. The summed E-state index contributed by atoms with van der Waals surface area (Å²) in [6, 6.07) is -0.538. The van der Waals surface area contributed by atoms with Crippen molar-refractivity contribution in [1.29, 1.82) is 0 Å². The molecule has 0 aliphatic rings.